The summed E-state index contributed by atoms with van der Waals surface area (Å²) in [5.41, 5.74) is 1.48. The molecule has 0 bridgehead atoms. The summed E-state index contributed by atoms with van der Waals surface area (Å²) < 4.78 is 6.09. The average Bonchev–Trinajstić information content (AvgIpc) is 2.75. The number of rotatable bonds is 6. The zero-order chi connectivity index (χ0) is 13.7. The molecular weight excluding hydrogens is 234 g/mol. The molecule has 1 aliphatic rings. The van der Waals surface area contributed by atoms with Crippen LogP contribution >= 0.6 is 0 Å². The molecule has 0 amide bonds. The topological polar surface area (TPSA) is 21.3 Å². The van der Waals surface area contributed by atoms with Crippen molar-refractivity contribution in [3.05, 3.63) is 35.9 Å². The first-order valence-electron chi connectivity index (χ1n) is 7.57. The van der Waals surface area contributed by atoms with Crippen LogP contribution in [0.15, 0.2) is 30.3 Å². The van der Waals surface area contributed by atoms with Crippen LogP contribution in [0.4, 0.5) is 0 Å². The van der Waals surface area contributed by atoms with E-state index in [9.17, 15) is 0 Å². The lowest BCUT2D eigenvalue weighted by Crippen LogP contribution is -2.24. The van der Waals surface area contributed by atoms with E-state index in [4.69, 9.17) is 4.74 Å². The Kier molecular flexibility index (Phi) is 5.00. The van der Waals surface area contributed by atoms with Crippen molar-refractivity contribution < 1.29 is 4.74 Å². The minimum absolute atomic E-state index is 0.0884. The highest BCUT2D eigenvalue weighted by atomic mass is 16.5. The van der Waals surface area contributed by atoms with Crippen LogP contribution in [-0.2, 0) is 4.74 Å². The average molecular weight is 261 g/mol. The molecular formula is C17H27NO. The number of nitrogens with one attached hydrogen (secondary N) is 1. The number of hydrogen-bond donors (Lipinski definition) is 1. The minimum Gasteiger partial charge on any atom is -0.372 e. The van der Waals surface area contributed by atoms with Gasteiger partial charge in [0.2, 0.25) is 0 Å². The molecule has 0 saturated carbocycles. The van der Waals surface area contributed by atoms with Crippen molar-refractivity contribution >= 4 is 0 Å². The van der Waals surface area contributed by atoms with Gasteiger partial charge in [-0.1, -0.05) is 37.3 Å². The van der Waals surface area contributed by atoms with Gasteiger partial charge in [0.1, 0.15) is 0 Å². The van der Waals surface area contributed by atoms with E-state index in [-0.39, 0.29) is 5.60 Å². The van der Waals surface area contributed by atoms with E-state index in [2.05, 4.69) is 56.4 Å². The van der Waals surface area contributed by atoms with Crippen LogP contribution in [0.5, 0.6) is 0 Å². The number of ether oxygens (including phenoxy) is 1. The maximum Gasteiger partial charge on any atom is 0.0631 e. The quantitative estimate of drug-likeness (QED) is 0.833. The Bertz CT molecular complexity index is 374. The Labute approximate surface area is 117 Å². The van der Waals surface area contributed by atoms with Crippen molar-refractivity contribution in [2.24, 2.45) is 0 Å². The summed E-state index contributed by atoms with van der Waals surface area (Å²) in [7, 11) is 0. The standard InChI is InChI=1S/C17H27NO/c1-4-18-16(14-8-6-5-7-9-14)11-10-15-12-13-17(2,3)19-15/h5-9,15-16,18H,4,10-13H2,1-3H3. The second-order valence-corrected chi connectivity index (χ2v) is 6.14. The SMILES string of the molecule is CCNC(CCC1CCC(C)(C)O1)c1ccccc1. The van der Waals surface area contributed by atoms with E-state index in [0.29, 0.717) is 12.1 Å². The molecule has 19 heavy (non-hydrogen) atoms. The van der Waals surface area contributed by atoms with Gasteiger partial charge in [0.25, 0.3) is 0 Å². The summed E-state index contributed by atoms with van der Waals surface area (Å²) in [6.45, 7) is 7.58. The largest absolute Gasteiger partial charge is 0.372 e. The third kappa shape index (κ3) is 4.32. The maximum atomic E-state index is 6.09. The smallest absolute Gasteiger partial charge is 0.0631 e. The highest BCUT2D eigenvalue weighted by Crippen LogP contribution is 2.33. The fourth-order valence-corrected chi connectivity index (χ4v) is 2.95. The van der Waals surface area contributed by atoms with Gasteiger partial charge in [-0.3, -0.25) is 0 Å². The molecule has 2 atom stereocenters. The van der Waals surface area contributed by atoms with Crippen molar-refractivity contribution in [3.63, 3.8) is 0 Å². The van der Waals surface area contributed by atoms with Gasteiger partial charge in [-0.25, -0.2) is 0 Å². The Morgan fingerprint density at radius 1 is 1.32 bits per heavy atom. The Hall–Kier alpha value is -0.860. The molecule has 0 radical (unpaired) electrons. The van der Waals surface area contributed by atoms with Gasteiger partial charge in [-0.2, -0.15) is 0 Å². The third-order valence-electron chi connectivity index (χ3n) is 3.98. The van der Waals surface area contributed by atoms with Crippen molar-refractivity contribution in [1.29, 1.82) is 0 Å². The molecule has 1 heterocycles. The molecule has 106 valence electrons. The zero-order valence-corrected chi connectivity index (χ0v) is 12.5. The van der Waals surface area contributed by atoms with Crippen LogP contribution in [-0.4, -0.2) is 18.2 Å². The summed E-state index contributed by atoms with van der Waals surface area (Å²) in [6.07, 6.45) is 5.14. The lowest BCUT2D eigenvalue weighted by molar-refractivity contribution is -0.0198. The van der Waals surface area contributed by atoms with Crippen molar-refractivity contribution in [1.82, 2.24) is 5.32 Å². The van der Waals surface area contributed by atoms with E-state index in [1.54, 1.807) is 0 Å². The molecule has 2 nitrogen and oxygen atoms in total. The van der Waals surface area contributed by atoms with Crippen LogP contribution in [0.3, 0.4) is 0 Å². The Morgan fingerprint density at radius 2 is 2.05 bits per heavy atom. The zero-order valence-electron chi connectivity index (χ0n) is 12.5. The summed E-state index contributed by atoms with van der Waals surface area (Å²) in [6, 6.07) is 11.2. The van der Waals surface area contributed by atoms with Gasteiger partial charge in [0.05, 0.1) is 11.7 Å². The molecule has 2 rings (SSSR count). The summed E-state index contributed by atoms with van der Waals surface area (Å²) >= 11 is 0. The second-order valence-electron chi connectivity index (χ2n) is 6.14. The molecule has 1 aliphatic heterocycles. The van der Waals surface area contributed by atoms with Crippen LogP contribution in [0.2, 0.25) is 0 Å². The summed E-state index contributed by atoms with van der Waals surface area (Å²) in [5.74, 6) is 0. The lowest BCUT2D eigenvalue weighted by atomic mass is 9.98. The molecule has 1 aromatic rings. The van der Waals surface area contributed by atoms with Crippen LogP contribution < -0.4 is 5.32 Å². The second kappa shape index (κ2) is 6.53. The predicted octanol–water partition coefficient (Wildman–Crippen LogP) is 4.08. The molecule has 2 unspecified atom stereocenters. The summed E-state index contributed by atoms with van der Waals surface area (Å²) in [5, 5.41) is 3.59. The molecule has 2 heteroatoms. The fraction of sp³-hybridized carbons (Fsp3) is 0.647. The maximum absolute atomic E-state index is 6.09. The predicted molar refractivity (Wildman–Crippen MR) is 80.3 cm³/mol. The van der Waals surface area contributed by atoms with Gasteiger partial charge >= 0.3 is 0 Å². The van der Waals surface area contributed by atoms with Crippen molar-refractivity contribution in [2.45, 2.75) is 64.2 Å². The van der Waals surface area contributed by atoms with E-state index in [1.807, 2.05) is 0 Å². The Balaban J connectivity index is 1.88. The molecule has 0 aromatic heterocycles. The normalized spacial score (nSPS) is 23.4. The molecule has 1 N–H and O–H groups in total. The van der Waals surface area contributed by atoms with Gasteiger partial charge in [-0.15, -0.1) is 0 Å². The van der Waals surface area contributed by atoms with E-state index >= 15 is 0 Å². The molecule has 0 aliphatic carbocycles. The van der Waals surface area contributed by atoms with Crippen LogP contribution in [0.25, 0.3) is 0 Å². The van der Waals surface area contributed by atoms with Gasteiger partial charge in [0.15, 0.2) is 0 Å². The molecule has 0 spiro atoms. The van der Waals surface area contributed by atoms with Crippen LogP contribution in [0.1, 0.15) is 58.1 Å². The first-order chi connectivity index (χ1) is 9.11. The van der Waals surface area contributed by atoms with Gasteiger partial charge in [0, 0.05) is 6.04 Å². The number of hydrogen-bond acceptors (Lipinski definition) is 2. The highest BCUT2D eigenvalue weighted by molar-refractivity contribution is 5.18. The number of benzene rings is 1. The van der Waals surface area contributed by atoms with Gasteiger partial charge < -0.3 is 10.1 Å². The molecule has 1 fully saturated rings. The lowest BCUT2D eigenvalue weighted by Gasteiger charge is -2.22. The minimum atomic E-state index is 0.0884. The van der Waals surface area contributed by atoms with E-state index in [1.165, 1.54) is 18.4 Å². The fourth-order valence-electron chi connectivity index (χ4n) is 2.95. The van der Waals surface area contributed by atoms with Crippen LogP contribution in [0, 0.1) is 0 Å². The first-order valence-corrected chi connectivity index (χ1v) is 7.57. The Morgan fingerprint density at radius 3 is 2.63 bits per heavy atom. The monoisotopic (exact) mass is 261 g/mol. The summed E-state index contributed by atoms with van der Waals surface area (Å²) in [4.78, 5) is 0. The van der Waals surface area contributed by atoms with Crippen molar-refractivity contribution in [2.75, 3.05) is 6.54 Å². The van der Waals surface area contributed by atoms with Crippen molar-refractivity contribution in [3.8, 4) is 0 Å². The van der Waals surface area contributed by atoms with E-state index in [0.717, 1.165) is 19.4 Å². The van der Waals surface area contributed by atoms with E-state index < -0.39 is 0 Å². The third-order valence-corrected chi connectivity index (χ3v) is 3.98. The van der Waals surface area contributed by atoms with Gasteiger partial charge in [-0.05, 0) is 51.6 Å². The first kappa shape index (κ1) is 14.5. The molecule has 1 saturated heterocycles. The highest BCUT2D eigenvalue weighted by Gasteiger charge is 2.31. The molecule has 1 aromatic carbocycles.